The standard InChI is InChI=1S/C12H21N3/c1-9-3-10(2)5-12(4-9)13-6-11-7-14-15-8-11/h7-10,12-13H,3-6H2,1-2H3,(H,14,15). The van der Waals surface area contributed by atoms with E-state index >= 15 is 0 Å². The van der Waals surface area contributed by atoms with Crippen molar-refractivity contribution in [2.24, 2.45) is 11.8 Å². The SMILES string of the molecule is CC1CC(C)CC(NCc2cn[nH]c2)C1. The molecule has 0 aromatic carbocycles. The lowest BCUT2D eigenvalue weighted by Crippen LogP contribution is -2.35. The molecule has 3 heteroatoms. The van der Waals surface area contributed by atoms with Crippen molar-refractivity contribution in [2.45, 2.75) is 45.7 Å². The molecule has 2 N–H and O–H groups in total. The van der Waals surface area contributed by atoms with Crippen LogP contribution >= 0.6 is 0 Å². The summed E-state index contributed by atoms with van der Waals surface area (Å²) in [5, 5.41) is 10.4. The van der Waals surface area contributed by atoms with Crippen LogP contribution in [0.4, 0.5) is 0 Å². The summed E-state index contributed by atoms with van der Waals surface area (Å²) in [4.78, 5) is 0. The van der Waals surface area contributed by atoms with E-state index in [4.69, 9.17) is 0 Å². The molecule has 1 heterocycles. The van der Waals surface area contributed by atoms with Crippen LogP contribution < -0.4 is 5.32 Å². The van der Waals surface area contributed by atoms with Crippen LogP contribution in [0.5, 0.6) is 0 Å². The third-order valence-corrected chi connectivity index (χ3v) is 3.33. The molecule has 0 amide bonds. The zero-order chi connectivity index (χ0) is 10.7. The third-order valence-electron chi connectivity index (χ3n) is 3.33. The molecule has 1 fully saturated rings. The Kier molecular flexibility index (Phi) is 3.41. The molecule has 0 spiro atoms. The van der Waals surface area contributed by atoms with E-state index in [2.05, 4.69) is 29.4 Å². The summed E-state index contributed by atoms with van der Waals surface area (Å²) in [5.74, 6) is 1.74. The number of aromatic amines is 1. The molecule has 0 aliphatic heterocycles. The quantitative estimate of drug-likeness (QED) is 0.798. The summed E-state index contributed by atoms with van der Waals surface area (Å²) in [5.41, 5.74) is 1.25. The molecule has 1 aliphatic carbocycles. The van der Waals surface area contributed by atoms with Gasteiger partial charge in [-0.2, -0.15) is 5.10 Å². The Labute approximate surface area is 91.7 Å². The zero-order valence-corrected chi connectivity index (χ0v) is 9.66. The minimum Gasteiger partial charge on any atom is -0.310 e. The minimum atomic E-state index is 0.693. The number of aromatic nitrogens is 2. The fourth-order valence-electron chi connectivity index (χ4n) is 2.75. The number of H-pyrrole nitrogens is 1. The normalized spacial score (nSPS) is 31.7. The summed E-state index contributed by atoms with van der Waals surface area (Å²) in [6.45, 7) is 5.67. The second kappa shape index (κ2) is 4.79. The number of nitrogens with one attached hydrogen (secondary N) is 2. The molecule has 0 bridgehead atoms. The highest BCUT2D eigenvalue weighted by atomic mass is 15.1. The molecule has 84 valence electrons. The van der Waals surface area contributed by atoms with Gasteiger partial charge in [-0.1, -0.05) is 13.8 Å². The first-order chi connectivity index (χ1) is 7.24. The van der Waals surface area contributed by atoms with Crippen molar-refractivity contribution in [2.75, 3.05) is 0 Å². The molecular weight excluding hydrogens is 186 g/mol. The summed E-state index contributed by atoms with van der Waals surface area (Å²) >= 11 is 0. The van der Waals surface area contributed by atoms with Crippen molar-refractivity contribution >= 4 is 0 Å². The second-order valence-electron chi connectivity index (χ2n) is 5.10. The van der Waals surface area contributed by atoms with Crippen molar-refractivity contribution in [3.63, 3.8) is 0 Å². The van der Waals surface area contributed by atoms with E-state index < -0.39 is 0 Å². The Balaban J connectivity index is 1.79. The van der Waals surface area contributed by atoms with Crippen LogP contribution in [0.2, 0.25) is 0 Å². The predicted octanol–water partition coefficient (Wildman–Crippen LogP) is 2.32. The van der Waals surface area contributed by atoms with Gasteiger partial charge in [-0.05, 0) is 31.1 Å². The van der Waals surface area contributed by atoms with Crippen molar-refractivity contribution < 1.29 is 0 Å². The molecule has 1 aromatic heterocycles. The Morgan fingerprint density at radius 3 is 2.67 bits per heavy atom. The molecular formula is C12H21N3. The second-order valence-corrected chi connectivity index (χ2v) is 5.10. The van der Waals surface area contributed by atoms with E-state index in [0.717, 1.165) is 18.4 Å². The lowest BCUT2D eigenvalue weighted by molar-refractivity contribution is 0.238. The summed E-state index contributed by atoms with van der Waals surface area (Å²) < 4.78 is 0. The van der Waals surface area contributed by atoms with Crippen molar-refractivity contribution in [1.82, 2.24) is 15.5 Å². The average molecular weight is 207 g/mol. The predicted molar refractivity (Wildman–Crippen MR) is 61.4 cm³/mol. The van der Waals surface area contributed by atoms with Gasteiger partial charge in [-0.3, -0.25) is 5.10 Å². The lowest BCUT2D eigenvalue weighted by atomic mass is 9.80. The van der Waals surface area contributed by atoms with E-state index in [0.29, 0.717) is 6.04 Å². The number of nitrogens with zero attached hydrogens (tertiary/aromatic N) is 1. The van der Waals surface area contributed by atoms with Gasteiger partial charge in [0.1, 0.15) is 0 Å². The smallest absolute Gasteiger partial charge is 0.0532 e. The summed E-state index contributed by atoms with van der Waals surface area (Å²) in [6, 6.07) is 0.693. The van der Waals surface area contributed by atoms with Crippen LogP contribution in [0, 0.1) is 11.8 Å². The van der Waals surface area contributed by atoms with Gasteiger partial charge in [0.2, 0.25) is 0 Å². The van der Waals surface area contributed by atoms with Crippen molar-refractivity contribution in [3.8, 4) is 0 Å². The van der Waals surface area contributed by atoms with Gasteiger partial charge in [0.25, 0.3) is 0 Å². The topological polar surface area (TPSA) is 40.7 Å². The maximum atomic E-state index is 3.95. The minimum absolute atomic E-state index is 0.693. The fraction of sp³-hybridized carbons (Fsp3) is 0.750. The zero-order valence-electron chi connectivity index (χ0n) is 9.66. The van der Waals surface area contributed by atoms with E-state index in [1.807, 2.05) is 12.4 Å². The molecule has 0 saturated heterocycles. The van der Waals surface area contributed by atoms with Crippen LogP contribution in [-0.2, 0) is 6.54 Å². The number of hydrogen-bond donors (Lipinski definition) is 2. The van der Waals surface area contributed by atoms with Crippen LogP contribution in [0.3, 0.4) is 0 Å². The Bertz CT molecular complexity index is 271. The molecule has 2 unspecified atom stereocenters. The van der Waals surface area contributed by atoms with Crippen molar-refractivity contribution in [1.29, 1.82) is 0 Å². The Morgan fingerprint density at radius 1 is 1.33 bits per heavy atom. The van der Waals surface area contributed by atoms with Crippen LogP contribution in [0.25, 0.3) is 0 Å². The highest BCUT2D eigenvalue weighted by Gasteiger charge is 2.23. The van der Waals surface area contributed by atoms with E-state index in [-0.39, 0.29) is 0 Å². The number of hydrogen-bond acceptors (Lipinski definition) is 2. The van der Waals surface area contributed by atoms with Crippen LogP contribution in [0.1, 0.15) is 38.7 Å². The highest BCUT2D eigenvalue weighted by molar-refractivity contribution is 5.02. The lowest BCUT2D eigenvalue weighted by Gasteiger charge is -2.32. The molecule has 1 aromatic rings. The molecule has 2 atom stereocenters. The first kappa shape index (κ1) is 10.7. The average Bonchev–Trinajstić information content (AvgIpc) is 2.65. The molecule has 2 rings (SSSR count). The maximum Gasteiger partial charge on any atom is 0.0532 e. The Morgan fingerprint density at radius 2 is 2.07 bits per heavy atom. The van der Waals surface area contributed by atoms with Gasteiger partial charge in [0.05, 0.1) is 6.20 Å². The number of rotatable bonds is 3. The summed E-state index contributed by atoms with van der Waals surface area (Å²) in [7, 11) is 0. The first-order valence-corrected chi connectivity index (χ1v) is 5.95. The first-order valence-electron chi connectivity index (χ1n) is 5.95. The maximum absolute atomic E-state index is 3.95. The van der Waals surface area contributed by atoms with Gasteiger partial charge in [-0.25, -0.2) is 0 Å². The van der Waals surface area contributed by atoms with Gasteiger partial charge in [0.15, 0.2) is 0 Å². The highest BCUT2D eigenvalue weighted by Crippen LogP contribution is 2.28. The molecule has 1 saturated carbocycles. The van der Waals surface area contributed by atoms with Crippen LogP contribution in [-0.4, -0.2) is 16.2 Å². The Hall–Kier alpha value is -0.830. The largest absolute Gasteiger partial charge is 0.310 e. The van der Waals surface area contributed by atoms with Crippen LogP contribution in [0.15, 0.2) is 12.4 Å². The summed E-state index contributed by atoms with van der Waals surface area (Å²) in [6.07, 6.45) is 7.89. The van der Waals surface area contributed by atoms with Gasteiger partial charge >= 0.3 is 0 Å². The third kappa shape index (κ3) is 3.06. The van der Waals surface area contributed by atoms with Gasteiger partial charge in [0, 0.05) is 24.3 Å². The van der Waals surface area contributed by atoms with E-state index in [1.165, 1.54) is 24.8 Å². The van der Waals surface area contributed by atoms with E-state index in [9.17, 15) is 0 Å². The molecule has 3 nitrogen and oxygen atoms in total. The monoisotopic (exact) mass is 207 g/mol. The molecule has 0 radical (unpaired) electrons. The molecule has 1 aliphatic rings. The van der Waals surface area contributed by atoms with E-state index in [1.54, 1.807) is 0 Å². The van der Waals surface area contributed by atoms with Gasteiger partial charge < -0.3 is 5.32 Å². The molecule has 15 heavy (non-hydrogen) atoms. The van der Waals surface area contributed by atoms with Crippen molar-refractivity contribution in [3.05, 3.63) is 18.0 Å². The van der Waals surface area contributed by atoms with Gasteiger partial charge in [-0.15, -0.1) is 0 Å². The fourth-order valence-corrected chi connectivity index (χ4v) is 2.75.